The van der Waals surface area contributed by atoms with Gasteiger partial charge in [0.1, 0.15) is 6.10 Å². The van der Waals surface area contributed by atoms with E-state index in [2.05, 4.69) is 5.32 Å². The van der Waals surface area contributed by atoms with Crippen molar-refractivity contribution >= 4 is 5.97 Å². The quantitative estimate of drug-likeness (QED) is 0.853. The number of benzene rings is 1. The molecule has 1 saturated heterocycles. The summed E-state index contributed by atoms with van der Waals surface area (Å²) in [6, 6.07) is 8.10. The van der Waals surface area contributed by atoms with Crippen molar-refractivity contribution in [1.29, 1.82) is 0 Å². The second-order valence-corrected chi connectivity index (χ2v) is 4.47. The molecule has 1 aromatic rings. The first-order valence-corrected chi connectivity index (χ1v) is 5.95. The van der Waals surface area contributed by atoms with Crippen molar-refractivity contribution in [2.75, 3.05) is 19.8 Å². The van der Waals surface area contributed by atoms with Gasteiger partial charge in [-0.05, 0) is 12.1 Å². The van der Waals surface area contributed by atoms with E-state index in [-0.39, 0.29) is 18.7 Å². The van der Waals surface area contributed by atoms with Crippen LogP contribution in [0.2, 0.25) is 0 Å². The fraction of sp³-hybridized carbons (Fsp3) is 0.462. The van der Waals surface area contributed by atoms with E-state index in [1.807, 2.05) is 0 Å². The Morgan fingerprint density at radius 2 is 2.00 bits per heavy atom. The van der Waals surface area contributed by atoms with Crippen LogP contribution in [0, 0.1) is 5.92 Å². The molecule has 2 unspecified atom stereocenters. The number of hydrogen-bond donors (Lipinski definition) is 1. The van der Waals surface area contributed by atoms with Gasteiger partial charge in [-0.25, -0.2) is 18.0 Å². The first-order chi connectivity index (χ1) is 9.04. The van der Waals surface area contributed by atoms with E-state index in [1.165, 1.54) is 12.1 Å². The number of carbonyl (C=O) groups excluding carboxylic acids is 1. The molecule has 0 radical (unpaired) electrons. The Balaban J connectivity index is 2.04. The maximum Gasteiger partial charge on any atom is 0.338 e. The van der Waals surface area contributed by atoms with Gasteiger partial charge in [-0.1, -0.05) is 18.2 Å². The Morgan fingerprint density at radius 3 is 2.63 bits per heavy atom. The molecule has 1 fully saturated rings. The molecule has 1 aromatic carbocycles. The van der Waals surface area contributed by atoms with Gasteiger partial charge in [0, 0.05) is 13.1 Å². The molecular weight excluding hydrogens is 259 g/mol. The molecule has 6 heteroatoms. The monoisotopic (exact) mass is 273 g/mol. The van der Waals surface area contributed by atoms with E-state index in [1.54, 1.807) is 18.2 Å². The standard InChI is InChI=1S/C13H14F3NO2/c14-8-13(15,16)10-6-17-7-11(10)19-12(18)9-4-2-1-3-5-9/h1-5,10-11,17H,6-8H2. The van der Waals surface area contributed by atoms with Crippen molar-refractivity contribution in [2.24, 2.45) is 5.92 Å². The molecule has 1 N–H and O–H groups in total. The maximum atomic E-state index is 13.4. The Labute approximate surface area is 108 Å². The van der Waals surface area contributed by atoms with Gasteiger partial charge in [0.15, 0.2) is 6.67 Å². The number of alkyl halides is 3. The average molecular weight is 273 g/mol. The molecule has 3 nitrogen and oxygen atoms in total. The highest BCUT2D eigenvalue weighted by Gasteiger charge is 2.48. The predicted octanol–water partition coefficient (Wildman–Crippen LogP) is 2.04. The number of ether oxygens (including phenoxy) is 1. The zero-order chi connectivity index (χ0) is 13.9. The zero-order valence-electron chi connectivity index (χ0n) is 10.1. The molecule has 1 aliphatic rings. The molecule has 1 aliphatic heterocycles. The number of nitrogens with one attached hydrogen (secondary N) is 1. The van der Waals surface area contributed by atoms with Gasteiger partial charge in [0.25, 0.3) is 5.92 Å². The van der Waals surface area contributed by atoms with Crippen LogP contribution in [0.5, 0.6) is 0 Å². The minimum Gasteiger partial charge on any atom is -0.457 e. The lowest BCUT2D eigenvalue weighted by atomic mass is 9.99. The van der Waals surface area contributed by atoms with Crippen molar-refractivity contribution < 1.29 is 22.7 Å². The summed E-state index contributed by atoms with van der Waals surface area (Å²) in [5.41, 5.74) is 0.289. The fourth-order valence-electron chi connectivity index (χ4n) is 2.08. The maximum absolute atomic E-state index is 13.4. The Hall–Kier alpha value is -1.56. The van der Waals surface area contributed by atoms with Gasteiger partial charge < -0.3 is 10.1 Å². The van der Waals surface area contributed by atoms with E-state index in [0.29, 0.717) is 0 Å². The highest BCUT2D eigenvalue weighted by atomic mass is 19.3. The second kappa shape index (κ2) is 5.61. The molecule has 0 bridgehead atoms. The van der Waals surface area contributed by atoms with Crippen LogP contribution < -0.4 is 5.32 Å². The van der Waals surface area contributed by atoms with Gasteiger partial charge in [-0.15, -0.1) is 0 Å². The van der Waals surface area contributed by atoms with Crippen LogP contribution >= 0.6 is 0 Å². The summed E-state index contributed by atoms with van der Waals surface area (Å²) in [4.78, 5) is 11.8. The molecule has 2 atom stereocenters. The van der Waals surface area contributed by atoms with Crippen molar-refractivity contribution in [3.63, 3.8) is 0 Å². The lowest BCUT2D eigenvalue weighted by molar-refractivity contribution is -0.103. The lowest BCUT2D eigenvalue weighted by Crippen LogP contribution is -2.40. The van der Waals surface area contributed by atoms with Crippen molar-refractivity contribution in [3.8, 4) is 0 Å². The van der Waals surface area contributed by atoms with Gasteiger partial charge in [-0.2, -0.15) is 0 Å². The summed E-state index contributed by atoms with van der Waals surface area (Å²) < 4.78 is 44.1. The first kappa shape index (κ1) is 13.9. The number of hydrogen-bond acceptors (Lipinski definition) is 3. The van der Waals surface area contributed by atoms with Crippen molar-refractivity contribution in [2.45, 2.75) is 12.0 Å². The number of halogens is 3. The number of rotatable bonds is 4. The van der Waals surface area contributed by atoms with E-state index >= 15 is 0 Å². The van der Waals surface area contributed by atoms with Gasteiger partial charge in [0.2, 0.25) is 0 Å². The van der Waals surface area contributed by atoms with Gasteiger partial charge in [0.05, 0.1) is 11.5 Å². The average Bonchev–Trinajstić information content (AvgIpc) is 2.88. The molecule has 1 heterocycles. The number of esters is 1. The lowest BCUT2D eigenvalue weighted by Gasteiger charge is -2.25. The Morgan fingerprint density at radius 1 is 1.32 bits per heavy atom. The molecule has 0 aliphatic carbocycles. The minimum atomic E-state index is -3.48. The third-order valence-electron chi connectivity index (χ3n) is 3.15. The SMILES string of the molecule is O=C(OC1CNCC1C(F)(F)CF)c1ccccc1. The van der Waals surface area contributed by atoms with Gasteiger partial charge >= 0.3 is 5.97 Å². The molecule has 0 aromatic heterocycles. The summed E-state index contributed by atoms with van der Waals surface area (Å²) >= 11 is 0. The largest absolute Gasteiger partial charge is 0.457 e. The number of carbonyl (C=O) groups is 1. The zero-order valence-corrected chi connectivity index (χ0v) is 10.1. The normalized spacial score (nSPS) is 23.3. The molecule has 104 valence electrons. The Kier molecular flexibility index (Phi) is 4.09. The molecular formula is C13H14F3NO2. The summed E-state index contributed by atoms with van der Waals surface area (Å²) in [6.45, 7) is -1.71. The third kappa shape index (κ3) is 3.07. The van der Waals surface area contributed by atoms with Crippen LogP contribution in [-0.4, -0.2) is 37.8 Å². The van der Waals surface area contributed by atoms with E-state index in [9.17, 15) is 18.0 Å². The summed E-state index contributed by atoms with van der Waals surface area (Å²) in [7, 11) is 0. The summed E-state index contributed by atoms with van der Waals surface area (Å²) in [5, 5.41) is 2.70. The van der Waals surface area contributed by atoms with E-state index in [0.717, 1.165) is 0 Å². The topological polar surface area (TPSA) is 38.3 Å². The third-order valence-corrected chi connectivity index (χ3v) is 3.15. The highest BCUT2D eigenvalue weighted by Crippen LogP contribution is 2.31. The van der Waals surface area contributed by atoms with Crippen LogP contribution in [0.25, 0.3) is 0 Å². The molecule has 0 amide bonds. The fourth-order valence-corrected chi connectivity index (χ4v) is 2.08. The molecule has 2 rings (SSSR count). The second-order valence-electron chi connectivity index (χ2n) is 4.47. The van der Waals surface area contributed by atoms with Crippen LogP contribution in [0.15, 0.2) is 30.3 Å². The van der Waals surface area contributed by atoms with E-state index in [4.69, 9.17) is 4.74 Å². The first-order valence-electron chi connectivity index (χ1n) is 5.95. The minimum absolute atomic E-state index is 0.0658. The van der Waals surface area contributed by atoms with Crippen LogP contribution in [-0.2, 0) is 4.74 Å². The van der Waals surface area contributed by atoms with Crippen LogP contribution in [0.4, 0.5) is 13.2 Å². The van der Waals surface area contributed by atoms with Crippen molar-refractivity contribution in [3.05, 3.63) is 35.9 Å². The van der Waals surface area contributed by atoms with Gasteiger partial charge in [-0.3, -0.25) is 0 Å². The van der Waals surface area contributed by atoms with Crippen molar-refractivity contribution in [1.82, 2.24) is 5.32 Å². The van der Waals surface area contributed by atoms with Crippen LogP contribution in [0.1, 0.15) is 10.4 Å². The molecule has 0 spiro atoms. The Bertz CT molecular complexity index is 439. The molecule has 19 heavy (non-hydrogen) atoms. The van der Waals surface area contributed by atoms with E-state index < -0.39 is 30.6 Å². The highest BCUT2D eigenvalue weighted by molar-refractivity contribution is 5.89. The smallest absolute Gasteiger partial charge is 0.338 e. The summed E-state index contributed by atoms with van der Waals surface area (Å²) in [6.07, 6.45) is -1.02. The summed E-state index contributed by atoms with van der Waals surface area (Å²) in [5.74, 6) is -5.48. The molecule has 0 saturated carbocycles. The van der Waals surface area contributed by atoms with Crippen LogP contribution in [0.3, 0.4) is 0 Å². The predicted molar refractivity (Wildman–Crippen MR) is 62.9 cm³/mol.